The topological polar surface area (TPSA) is 20.2 Å². The third-order valence-corrected chi connectivity index (χ3v) is 0.789. The molecule has 1 N–H and O–H groups in total. The first-order valence-corrected chi connectivity index (χ1v) is 2.52. The third-order valence-electron chi connectivity index (χ3n) is 0.789. The number of hydrogen-bond acceptors (Lipinski definition) is 1. The number of rotatable bonds is 2. The average Bonchev–Trinajstić information content (AvgIpc) is 1.30. The highest BCUT2D eigenvalue weighted by atomic mass is 16.3. The smallest absolute Gasteiger partial charge is 0.102 e. The average molecular weight is 101 g/mol. The largest absolute Gasteiger partial charge is 0.396 e. The lowest BCUT2D eigenvalue weighted by Gasteiger charge is -2.06. The van der Waals surface area contributed by atoms with Gasteiger partial charge in [0, 0.05) is 13.0 Å². The minimum absolute atomic E-state index is 0.0503. The Morgan fingerprint density at radius 2 is 2.00 bits per heavy atom. The molecule has 0 radical (unpaired) electrons. The first-order chi connectivity index (χ1) is 3.06. The Kier molecular flexibility index (Phi) is 2.16. The van der Waals surface area contributed by atoms with E-state index >= 15 is 0 Å². The molecule has 0 unspecified atom stereocenters. The second-order valence-electron chi connectivity index (χ2n) is 2.64. The highest BCUT2D eigenvalue weighted by molar-refractivity contribution is 4.68. The van der Waals surface area contributed by atoms with Gasteiger partial charge in [-0.3, -0.25) is 0 Å². The van der Waals surface area contributed by atoms with Gasteiger partial charge in [-0.1, -0.05) is 0 Å². The standard InChI is InChI=1S/C6H13O/c1-6(2,3)4-5-7/h7H,1,4-5H2,2-3H3/q+1. The Morgan fingerprint density at radius 1 is 1.57 bits per heavy atom. The number of aliphatic hydroxyl groups excluding tert-OH is 1. The van der Waals surface area contributed by atoms with Crippen molar-refractivity contribution in [2.24, 2.45) is 5.41 Å². The van der Waals surface area contributed by atoms with Gasteiger partial charge in [-0.2, -0.15) is 0 Å². The molecule has 0 rings (SSSR count). The molecule has 0 spiro atoms. The molecule has 0 aliphatic carbocycles. The van der Waals surface area contributed by atoms with Gasteiger partial charge in [0.25, 0.3) is 0 Å². The van der Waals surface area contributed by atoms with Crippen LogP contribution >= 0.6 is 0 Å². The molecule has 0 aliphatic rings. The Bertz CT molecular complexity index is 42.6. The van der Waals surface area contributed by atoms with Gasteiger partial charge in [-0.25, -0.2) is 0 Å². The fraction of sp³-hybridized carbons (Fsp3) is 0.833. The summed E-state index contributed by atoms with van der Waals surface area (Å²) in [5, 5.41) is 8.36. The lowest BCUT2D eigenvalue weighted by atomic mass is 9.93. The second kappa shape index (κ2) is 2.22. The monoisotopic (exact) mass is 101 g/mol. The molecule has 7 heavy (non-hydrogen) atoms. The van der Waals surface area contributed by atoms with Crippen molar-refractivity contribution in [1.29, 1.82) is 0 Å². The van der Waals surface area contributed by atoms with Crippen molar-refractivity contribution in [1.82, 2.24) is 0 Å². The Hall–Kier alpha value is -0.170. The molecular formula is C6H13O+. The Balaban J connectivity index is 3.15. The molecule has 1 nitrogen and oxygen atoms in total. The summed E-state index contributed by atoms with van der Waals surface area (Å²) in [6, 6.07) is 0. The normalized spacial score (nSPS) is 11.9. The molecular weight excluding hydrogens is 88.1 g/mol. The van der Waals surface area contributed by atoms with Crippen LogP contribution in [0.3, 0.4) is 0 Å². The van der Waals surface area contributed by atoms with E-state index in [1.807, 2.05) is 13.8 Å². The second-order valence-corrected chi connectivity index (χ2v) is 2.64. The molecule has 1 heteroatoms. The van der Waals surface area contributed by atoms with Gasteiger partial charge in [0.05, 0.1) is 6.92 Å². The molecule has 0 saturated carbocycles. The van der Waals surface area contributed by atoms with Crippen LogP contribution in [-0.2, 0) is 0 Å². The zero-order chi connectivity index (χ0) is 5.91. The van der Waals surface area contributed by atoms with E-state index in [2.05, 4.69) is 6.92 Å². The van der Waals surface area contributed by atoms with E-state index in [1.165, 1.54) is 0 Å². The summed E-state index contributed by atoms with van der Waals surface area (Å²) in [5.74, 6) is 0. The van der Waals surface area contributed by atoms with E-state index in [0.717, 1.165) is 6.42 Å². The molecule has 0 saturated heterocycles. The van der Waals surface area contributed by atoms with Crippen molar-refractivity contribution < 1.29 is 5.11 Å². The van der Waals surface area contributed by atoms with E-state index in [9.17, 15) is 0 Å². The van der Waals surface area contributed by atoms with Gasteiger partial charge < -0.3 is 5.11 Å². The van der Waals surface area contributed by atoms with Crippen LogP contribution in [-0.4, -0.2) is 11.7 Å². The van der Waals surface area contributed by atoms with Gasteiger partial charge in [0.15, 0.2) is 0 Å². The minimum atomic E-state index is 0.0503. The highest BCUT2D eigenvalue weighted by Crippen LogP contribution is 2.15. The van der Waals surface area contributed by atoms with E-state index in [4.69, 9.17) is 5.11 Å². The zero-order valence-corrected chi connectivity index (χ0v) is 5.07. The van der Waals surface area contributed by atoms with E-state index in [0.29, 0.717) is 0 Å². The molecule has 0 fully saturated rings. The first-order valence-electron chi connectivity index (χ1n) is 2.52. The number of aliphatic hydroxyl groups is 1. The lowest BCUT2D eigenvalue weighted by molar-refractivity contribution is 0.240. The van der Waals surface area contributed by atoms with Crippen molar-refractivity contribution in [3.63, 3.8) is 0 Å². The molecule has 0 aromatic heterocycles. The quantitative estimate of drug-likeness (QED) is 0.519. The summed E-state index contributed by atoms with van der Waals surface area (Å²) in [6.45, 7) is 8.05. The maximum absolute atomic E-state index is 8.36. The van der Waals surface area contributed by atoms with Crippen LogP contribution in [0, 0.1) is 12.3 Å². The van der Waals surface area contributed by atoms with Crippen LogP contribution in [0.25, 0.3) is 0 Å². The number of hydrogen-bond donors (Lipinski definition) is 1. The Morgan fingerprint density at radius 3 is 2.00 bits per heavy atom. The summed E-state index contributed by atoms with van der Waals surface area (Å²) < 4.78 is 0. The van der Waals surface area contributed by atoms with Gasteiger partial charge in [-0.05, 0) is 13.8 Å². The van der Waals surface area contributed by atoms with Gasteiger partial charge in [-0.15, -0.1) is 0 Å². The van der Waals surface area contributed by atoms with Crippen molar-refractivity contribution >= 4 is 0 Å². The van der Waals surface area contributed by atoms with Crippen LogP contribution < -0.4 is 0 Å². The highest BCUT2D eigenvalue weighted by Gasteiger charge is 2.15. The summed E-state index contributed by atoms with van der Waals surface area (Å²) >= 11 is 0. The zero-order valence-electron chi connectivity index (χ0n) is 5.07. The molecule has 0 aromatic carbocycles. The molecule has 42 valence electrons. The van der Waals surface area contributed by atoms with Gasteiger partial charge >= 0.3 is 0 Å². The minimum Gasteiger partial charge on any atom is -0.396 e. The predicted octanol–water partition coefficient (Wildman–Crippen LogP) is 1.23. The van der Waals surface area contributed by atoms with Crippen molar-refractivity contribution in [2.45, 2.75) is 20.3 Å². The SMILES string of the molecule is [CH2+]C(C)(C)CCO. The maximum Gasteiger partial charge on any atom is 0.102 e. The fourth-order valence-corrected chi connectivity index (χ4v) is 0.303. The van der Waals surface area contributed by atoms with Crippen LogP contribution in [0.2, 0.25) is 0 Å². The maximum atomic E-state index is 8.36. The molecule has 0 aromatic rings. The van der Waals surface area contributed by atoms with Crippen LogP contribution in [0.4, 0.5) is 0 Å². The molecule has 0 bridgehead atoms. The lowest BCUT2D eigenvalue weighted by Crippen LogP contribution is -2.06. The van der Waals surface area contributed by atoms with Crippen molar-refractivity contribution in [3.8, 4) is 0 Å². The third kappa shape index (κ3) is 5.83. The molecule has 0 heterocycles. The Labute approximate surface area is 45.4 Å². The van der Waals surface area contributed by atoms with Crippen molar-refractivity contribution in [2.75, 3.05) is 6.61 Å². The van der Waals surface area contributed by atoms with E-state index < -0.39 is 0 Å². The van der Waals surface area contributed by atoms with E-state index in [-0.39, 0.29) is 12.0 Å². The van der Waals surface area contributed by atoms with Crippen LogP contribution in [0.1, 0.15) is 20.3 Å². The summed E-state index contributed by atoms with van der Waals surface area (Å²) in [6.07, 6.45) is 0.785. The predicted molar refractivity (Wildman–Crippen MR) is 30.8 cm³/mol. The molecule has 0 amide bonds. The summed E-state index contributed by atoms with van der Waals surface area (Å²) in [4.78, 5) is 0. The van der Waals surface area contributed by atoms with Crippen LogP contribution in [0.15, 0.2) is 0 Å². The summed E-state index contributed by atoms with van der Waals surface area (Å²) in [5.41, 5.74) is 0.0503. The van der Waals surface area contributed by atoms with Gasteiger partial charge in [0.1, 0.15) is 5.41 Å². The van der Waals surface area contributed by atoms with Crippen LogP contribution in [0.5, 0.6) is 0 Å². The fourth-order valence-electron chi connectivity index (χ4n) is 0.303. The first kappa shape index (κ1) is 6.83. The molecule has 0 atom stereocenters. The van der Waals surface area contributed by atoms with Gasteiger partial charge in [0.2, 0.25) is 0 Å². The van der Waals surface area contributed by atoms with E-state index in [1.54, 1.807) is 0 Å². The molecule has 0 aliphatic heterocycles. The summed E-state index contributed by atoms with van der Waals surface area (Å²) in [7, 11) is 0. The van der Waals surface area contributed by atoms with Crippen molar-refractivity contribution in [3.05, 3.63) is 6.92 Å².